The lowest BCUT2D eigenvalue weighted by molar-refractivity contribution is 0.0715. The van der Waals surface area contributed by atoms with Crippen molar-refractivity contribution in [2.45, 2.75) is 25.9 Å². The van der Waals surface area contributed by atoms with Crippen LogP contribution in [0.2, 0.25) is 10.2 Å². The second-order valence-electron chi connectivity index (χ2n) is 5.63. The quantitative estimate of drug-likeness (QED) is 0.696. The SMILES string of the molecule is CC(c1ccc(OCC(F)F)c(Cl)c1)N1Cc2c(ccnc2Cl)C1=O. The first-order valence-electron chi connectivity index (χ1n) is 7.53. The lowest BCUT2D eigenvalue weighted by Gasteiger charge is -2.25. The van der Waals surface area contributed by atoms with E-state index in [0.717, 1.165) is 5.56 Å². The molecule has 0 aliphatic carbocycles. The van der Waals surface area contributed by atoms with Crippen molar-refractivity contribution >= 4 is 29.1 Å². The first-order chi connectivity index (χ1) is 11.9. The van der Waals surface area contributed by atoms with Gasteiger partial charge in [-0.25, -0.2) is 13.8 Å². The number of hydrogen-bond acceptors (Lipinski definition) is 3. The summed E-state index contributed by atoms with van der Waals surface area (Å²) in [5, 5.41) is 0.531. The van der Waals surface area contributed by atoms with Gasteiger partial charge < -0.3 is 9.64 Å². The molecular weight excluding hydrogens is 373 g/mol. The number of halogens is 4. The van der Waals surface area contributed by atoms with E-state index in [2.05, 4.69) is 4.98 Å². The Labute approximate surface area is 153 Å². The van der Waals surface area contributed by atoms with E-state index in [0.29, 0.717) is 22.8 Å². The smallest absolute Gasteiger partial charge is 0.272 e. The van der Waals surface area contributed by atoms with Gasteiger partial charge in [0.05, 0.1) is 17.6 Å². The number of benzene rings is 1. The highest BCUT2D eigenvalue weighted by molar-refractivity contribution is 6.32. The maximum absolute atomic E-state index is 12.6. The number of carbonyl (C=O) groups is 1. The molecule has 0 fully saturated rings. The lowest BCUT2D eigenvalue weighted by Crippen LogP contribution is -2.27. The fourth-order valence-electron chi connectivity index (χ4n) is 2.75. The van der Waals surface area contributed by atoms with E-state index in [1.807, 2.05) is 6.92 Å². The standard InChI is InChI=1S/C17H14Cl2F2N2O2/c1-9(10-2-3-14(13(18)6-10)25-8-15(20)21)23-7-12-11(17(23)24)4-5-22-16(12)19/h2-6,9,15H,7-8H2,1H3. The van der Waals surface area contributed by atoms with Crippen molar-refractivity contribution in [3.8, 4) is 5.75 Å². The van der Waals surface area contributed by atoms with Crippen LogP contribution >= 0.6 is 23.2 Å². The molecule has 0 saturated heterocycles. The number of carbonyl (C=O) groups excluding carboxylic acids is 1. The summed E-state index contributed by atoms with van der Waals surface area (Å²) in [6.07, 6.45) is -1.08. The Bertz CT molecular complexity index is 817. The zero-order chi connectivity index (χ0) is 18.1. The van der Waals surface area contributed by atoms with Gasteiger partial charge in [-0.3, -0.25) is 4.79 Å². The minimum Gasteiger partial charge on any atom is -0.486 e. The van der Waals surface area contributed by atoms with Crippen molar-refractivity contribution in [1.29, 1.82) is 0 Å². The minimum atomic E-state index is -2.58. The summed E-state index contributed by atoms with van der Waals surface area (Å²) in [6.45, 7) is 1.49. The molecule has 1 aromatic carbocycles. The van der Waals surface area contributed by atoms with Gasteiger partial charge in [0.2, 0.25) is 0 Å². The number of aromatic nitrogens is 1. The average molecular weight is 387 g/mol. The lowest BCUT2D eigenvalue weighted by atomic mass is 10.1. The zero-order valence-corrected chi connectivity index (χ0v) is 14.7. The fraction of sp³-hybridized carbons (Fsp3) is 0.294. The van der Waals surface area contributed by atoms with Gasteiger partial charge in [-0.15, -0.1) is 0 Å². The number of hydrogen-bond donors (Lipinski definition) is 0. The van der Waals surface area contributed by atoms with Crippen LogP contribution in [-0.4, -0.2) is 28.8 Å². The molecule has 0 radical (unpaired) electrons. The van der Waals surface area contributed by atoms with Crippen molar-refractivity contribution in [1.82, 2.24) is 9.88 Å². The van der Waals surface area contributed by atoms with Crippen molar-refractivity contribution < 1.29 is 18.3 Å². The number of nitrogens with zero attached hydrogens (tertiary/aromatic N) is 2. The first kappa shape index (κ1) is 17.9. The highest BCUT2D eigenvalue weighted by Crippen LogP contribution is 2.36. The monoisotopic (exact) mass is 386 g/mol. The Morgan fingerprint density at radius 2 is 2.08 bits per heavy atom. The molecule has 1 aliphatic rings. The van der Waals surface area contributed by atoms with Gasteiger partial charge in [0, 0.05) is 17.3 Å². The summed E-state index contributed by atoms with van der Waals surface area (Å²) in [5.41, 5.74) is 2.00. The average Bonchev–Trinajstić information content (AvgIpc) is 2.91. The molecule has 4 nitrogen and oxygen atoms in total. The Balaban J connectivity index is 1.80. The summed E-state index contributed by atoms with van der Waals surface area (Å²) in [4.78, 5) is 18.2. The second-order valence-corrected chi connectivity index (χ2v) is 6.39. The third-order valence-electron chi connectivity index (χ3n) is 4.09. The van der Waals surface area contributed by atoms with E-state index in [4.69, 9.17) is 27.9 Å². The van der Waals surface area contributed by atoms with Gasteiger partial charge in [0.15, 0.2) is 0 Å². The maximum atomic E-state index is 12.6. The molecule has 1 atom stereocenters. The van der Waals surface area contributed by atoms with Crippen LogP contribution in [0.4, 0.5) is 8.78 Å². The Hall–Kier alpha value is -1.92. The molecule has 8 heteroatoms. The van der Waals surface area contributed by atoms with Crippen molar-refractivity contribution in [2.75, 3.05) is 6.61 Å². The van der Waals surface area contributed by atoms with Crippen LogP contribution < -0.4 is 4.74 Å². The molecule has 1 amide bonds. The molecule has 0 saturated carbocycles. The summed E-state index contributed by atoms with van der Waals surface area (Å²) in [5.74, 6) is 0.0437. The largest absolute Gasteiger partial charge is 0.486 e. The van der Waals surface area contributed by atoms with E-state index in [9.17, 15) is 13.6 Å². The van der Waals surface area contributed by atoms with Crippen molar-refractivity contribution in [3.63, 3.8) is 0 Å². The maximum Gasteiger partial charge on any atom is 0.272 e. The molecular formula is C17H14Cl2F2N2O2. The van der Waals surface area contributed by atoms with Gasteiger partial charge >= 0.3 is 0 Å². The predicted octanol–water partition coefficient (Wildman–Crippen LogP) is 4.75. The number of alkyl halides is 2. The van der Waals surface area contributed by atoms with Crippen LogP contribution in [0.15, 0.2) is 30.5 Å². The van der Waals surface area contributed by atoms with E-state index >= 15 is 0 Å². The van der Waals surface area contributed by atoms with Gasteiger partial charge in [0.1, 0.15) is 17.5 Å². The van der Waals surface area contributed by atoms with E-state index in [1.165, 1.54) is 12.3 Å². The molecule has 3 rings (SSSR count). The van der Waals surface area contributed by atoms with E-state index < -0.39 is 13.0 Å². The van der Waals surface area contributed by atoms with Gasteiger partial charge in [0.25, 0.3) is 12.3 Å². The number of ether oxygens (including phenoxy) is 1. The third kappa shape index (κ3) is 3.55. The summed E-state index contributed by atoms with van der Waals surface area (Å²) >= 11 is 12.2. The molecule has 0 N–H and O–H groups in total. The Morgan fingerprint density at radius 3 is 2.72 bits per heavy atom. The molecule has 2 heterocycles. The number of pyridine rings is 1. The van der Waals surface area contributed by atoms with Crippen LogP contribution in [0, 0.1) is 0 Å². The molecule has 1 unspecified atom stereocenters. The summed E-state index contributed by atoms with van der Waals surface area (Å²) in [7, 11) is 0. The summed E-state index contributed by atoms with van der Waals surface area (Å²) < 4.78 is 29.4. The van der Waals surface area contributed by atoms with E-state index in [-0.39, 0.29) is 22.7 Å². The predicted molar refractivity (Wildman–Crippen MR) is 90.5 cm³/mol. The van der Waals surface area contributed by atoms with Crippen LogP contribution in [0.5, 0.6) is 5.75 Å². The van der Waals surface area contributed by atoms with Gasteiger partial charge in [-0.1, -0.05) is 29.3 Å². The van der Waals surface area contributed by atoms with Crippen LogP contribution in [0.3, 0.4) is 0 Å². The number of amides is 1. The Morgan fingerprint density at radius 1 is 1.32 bits per heavy atom. The first-order valence-corrected chi connectivity index (χ1v) is 8.28. The molecule has 0 spiro atoms. The minimum absolute atomic E-state index is 0.138. The molecule has 25 heavy (non-hydrogen) atoms. The molecule has 1 aliphatic heterocycles. The molecule has 0 bridgehead atoms. The zero-order valence-electron chi connectivity index (χ0n) is 13.2. The molecule has 132 valence electrons. The second kappa shape index (κ2) is 7.14. The Kier molecular flexibility index (Phi) is 5.11. The fourth-order valence-corrected chi connectivity index (χ4v) is 3.22. The van der Waals surface area contributed by atoms with Gasteiger partial charge in [-0.05, 0) is 30.7 Å². The van der Waals surface area contributed by atoms with Crippen LogP contribution in [0.1, 0.15) is 34.5 Å². The highest BCUT2D eigenvalue weighted by atomic mass is 35.5. The van der Waals surface area contributed by atoms with Crippen molar-refractivity contribution in [2.24, 2.45) is 0 Å². The number of rotatable bonds is 5. The third-order valence-corrected chi connectivity index (χ3v) is 4.71. The molecule has 1 aromatic heterocycles. The summed E-state index contributed by atoms with van der Waals surface area (Å²) in [6, 6.07) is 6.21. The highest BCUT2D eigenvalue weighted by Gasteiger charge is 2.33. The topological polar surface area (TPSA) is 42.4 Å². The molecule has 2 aromatic rings. The van der Waals surface area contributed by atoms with E-state index in [1.54, 1.807) is 23.1 Å². The van der Waals surface area contributed by atoms with Crippen LogP contribution in [-0.2, 0) is 6.54 Å². The van der Waals surface area contributed by atoms with Gasteiger partial charge in [-0.2, -0.15) is 0 Å². The van der Waals surface area contributed by atoms with Crippen molar-refractivity contribution in [3.05, 3.63) is 57.3 Å². The van der Waals surface area contributed by atoms with Crippen LogP contribution in [0.25, 0.3) is 0 Å². The normalized spacial score (nSPS) is 14.8. The number of fused-ring (bicyclic) bond motifs is 1.